The van der Waals surface area contributed by atoms with Crippen LogP contribution in [-0.2, 0) is 6.42 Å². The minimum absolute atomic E-state index is 0.963. The number of aliphatic imine (C=N–C) groups is 1. The zero-order valence-corrected chi connectivity index (χ0v) is 21.0. The lowest BCUT2D eigenvalue weighted by atomic mass is 10.0. The van der Waals surface area contributed by atoms with Crippen LogP contribution < -0.4 is 0 Å². The standard InChI is InChI=1S/C35H25N3/c1-6-16-28-22(11-1)12-2-10-20-32(36-28)38-30-18-8-4-14-24(30)27-21-26-23-13-3-7-17-29(23)37-31-19-9-5-15-25(31)33(34(26)37)35(27)38/h1,3-9,11,13-19,21H,2,10,12,20H2. The summed E-state index contributed by atoms with van der Waals surface area (Å²) in [7, 11) is 0. The molecular weight excluding hydrogens is 462 g/mol. The van der Waals surface area contributed by atoms with Crippen LogP contribution in [0.15, 0.2) is 108 Å². The fourth-order valence-corrected chi connectivity index (χ4v) is 7.01. The number of aryl methyl sites for hydroxylation is 1. The Morgan fingerprint density at radius 2 is 1.13 bits per heavy atom. The number of para-hydroxylation sites is 4. The molecule has 0 atom stereocenters. The molecule has 0 radical (unpaired) electrons. The van der Waals surface area contributed by atoms with Crippen LogP contribution in [0.3, 0.4) is 0 Å². The molecule has 0 N–H and O–H groups in total. The van der Waals surface area contributed by atoms with Gasteiger partial charge in [0.2, 0.25) is 0 Å². The van der Waals surface area contributed by atoms with E-state index >= 15 is 0 Å². The van der Waals surface area contributed by atoms with Crippen LogP contribution in [-0.4, -0.2) is 14.8 Å². The van der Waals surface area contributed by atoms with Gasteiger partial charge in [-0.25, -0.2) is 4.99 Å². The van der Waals surface area contributed by atoms with Crippen LogP contribution in [0.5, 0.6) is 0 Å². The third-order valence-electron chi connectivity index (χ3n) is 8.60. The summed E-state index contributed by atoms with van der Waals surface area (Å²) in [5.74, 6) is 1.14. The quantitative estimate of drug-likeness (QED) is 0.203. The normalized spacial score (nSPS) is 14.6. The summed E-state index contributed by atoms with van der Waals surface area (Å²) in [6.07, 6.45) is 4.38. The zero-order valence-electron chi connectivity index (χ0n) is 21.0. The Morgan fingerprint density at radius 3 is 1.97 bits per heavy atom. The van der Waals surface area contributed by atoms with E-state index in [4.69, 9.17) is 4.99 Å². The molecule has 9 rings (SSSR count). The Labute approximate surface area is 219 Å². The van der Waals surface area contributed by atoms with E-state index in [1.165, 1.54) is 71.9 Å². The number of hydrogen-bond donors (Lipinski definition) is 0. The van der Waals surface area contributed by atoms with Crippen LogP contribution in [0.25, 0.3) is 59.9 Å². The summed E-state index contributed by atoms with van der Waals surface area (Å²) in [6.45, 7) is 0. The number of benzene rings is 5. The van der Waals surface area contributed by atoms with E-state index in [1.54, 1.807) is 0 Å². The van der Waals surface area contributed by atoms with Crippen LogP contribution in [0.2, 0.25) is 0 Å². The molecule has 3 aromatic heterocycles. The van der Waals surface area contributed by atoms with Crippen molar-refractivity contribution in [2.24, 2.45) is 4.99 Å². The predicted molar refractivity (Wildman–Crippen MR) is 161 cm³/mol. The van der Waals surface area contributed by atoms with Gasteiger partial charge in [0.25, 0.3) is 0 Å². The van der Waals surface area contributed by atoms with Crippen LogP contribution >= 0.6 is 0 Å². The van der Waals surface area contributed by atoms with E-state index in [0.29, 0.717) is 0 Å². The fraction of sp³-hybridized carbons (Fsp3) is 0.114. The predicted octanol–water partition coefficient (Wildman–Crippen LogP) is 9.25. The lowest BCUT2D eigenvalue weighted by molar-refractivity contribution is 0.748. The largest absolute Gasteiger partial charge is 0.308 e. The Bertz CT molecular complexity index is 2240. The minimum Gasteiger partial charge on any atom is -0.308 e. The molecule has 1 aliphatic heterocycles. The van der Waals surface area contributed by atoms with E-state index in [1.807, 2.05) is 0 Å². The minimum atomic E-state index is 0.963. The van der Waals surface area contributed by atoms with E-state index in [9.17, 15) is 0 Å². The van der Waals surface area contributed by atoms with Crippen LogP contribution in [0.4, 0.5) is 5.69 Å². The Kier molecular flexibility index (Phi) is 4.01. The van der Waals surface area contributed by atoms with Crippen molar-refractivity contribution in [3.8, 4) is 0 Å². The maximum absolute atomic E-state index is 5.39. The first-order valence-corrected chi connectivity index (χ1v) is 13.6. The molecule has 5 aromatic carbocycles. The van der Waals surface area contributed by atoms with Gasteiger partial charge in [-0.1, -0.05) is 72.8 Å². The van der Waals surface area contributed by atoms with Gasteiger partial charge < -0.3 is 4.40 Å². The summed E-state index contributed by atoms with van der Waals surface area (Å²) in [6, 6.07) is 37.7. The van der Waals surface area contributed by atoms with Crippen molar-refractivity contribution in [1.82, 2.24) is 8.97 Å². The molecule has 0 aliphatic carbocycles. The maximum Gasteiger partial charge on any atom is 0.114 e. The molecule has 38 heavy (non-hydrogen) atoms. The molecule has 1 aliphatic rings. The van der Waals surface area contributed by atoms with Crippen molar-refractivity contribution >= 4 is 71.4 Å². The molecule has 0 amide bonds. The maximum atomic E-state index is 5.39. The highest BCUT2D eigenvalue weighted by molar-refractivity contribution is 6.35. The Morgan fingerprint density at radius 1 is 0.526 bits per heavy atom. The fourth-order valence-electron chi connectivity index (χ4n) is 7.01. The van der Waals surface area contributed by atoms with Crippen molar-refractivity contribution < 1.29 is 0 Å². The average molecular weight is 488 g/mol. The van der Waals surface area contributed by atoms with Crippen molar-refractivity contribution in [1.29, 1.82) is 0 Å². The van der Waals surface area contributed by atoms with Gasteiger partial charge in [-0.05, 0) is 55.2 Å². The molecule has 3 nitrogen and oxygen atoms in total. The molecule has 0 bridgehead atoms. The first-order valence-electron chi connectivity index (χ1n) is 13.6. The van der Waals surface area contributed by atoms with Gasteiger partial charge in [-0.15, -0.1) is 0 Å². The molecule has 4 heterocycles. The molecule has 0 saturated carbocycles. The molecule has 0 saturated heterocycles. The molecular formula is C35H25N3. The first-order chi connectivity index (χ1) is 18.9. The molecule has 0 fully saturated rings. The molecule has 3 heteroatoms. The van der Waals surface area contributed by atoms with Gasteiger partial charge >= 0.3 is 0 Å². The van der Waals surface area contributed by atoms with Crippen molar-refractivity contribution in [3.63, 3.8) is 0 Å². The van der Waals surface area contributed by atoms with Crippen molar-refractivity contribution in [3.05, 3.63) is 109 Å². The van der Waals surface area contributed by atoms with Crippen LogP contribution in [0.1, 0.15) is 24.8 Å². The topological polar surface area (TPSA) is 21.7 Å². The summed E-state index contributed by atoms with van der Waals surface area (Å²) < 4.78 is 4.97. The van der Waals surface area contributed by atoms with Gasteiger partial charge in [0.15, 0.2) is 0 Å². The van der Waals surface area contributed by atoms with Gasteiger partial charge in [-0.3, -0.25) is 4.57 Å². The second kappa shape index (κ2) is 7.45. The lowest BCUT2D eigenvalue weighted by Crippen LogP contribution is -2.13. The Hall–Kier alpha value is -4.63. The molecule has 8 aromatic rings. The average Bonchev–Trinajstić information content (AvgIpc) is 3.58. The van der Waals surface area contributed by atoms with Gasteiger partial charge in [0, 0.05) is 38.7 Å². The highest BCUT2D eigenvalue weighted by atomic mass is 15.1. The summed E-state index contributed by atoms with van der Waals surface area (Å²) in [5.41, 5.74) is 8.84. The molecule has 180 valence electrons. The van der Waals surface area contributed by atoms with Gasteiger partial charge in [0.05, 0.1) is 33.3 Å². The third-order valence-corrected chi connectivity index (χ3v) is 8.60. The summed E-state index contributed by atoms with van der Waals surface area (Å²) >= 11 is 0. The highest BCUT2D eigenvalue weighted by Gasteiger charge is 2.25. The second-order valence-electron chi connectivity index (χ2n) is 10.6. The smallest absolute Gasteiger partial charge is 0.114 e. The third kappa shape index (κ3) is 2.56. The number of aromatic nitrogens is 2. The van der Waals surface area contributed by atoms with Crippen molar-refractivity contribution in [2.45, 2.75) is 25.7 Å². The van der Waals surface area contributed by atoms with Crippen molar-refractivity contribution in [2.75, 3.05) is 0 Å². The highest BCUT2D eigenvalue weighted by Crippen LogP contribution is 2.45. The summed E-state index contributed by atoms with van der Waals surface area (Å²) in [5, 5.41) is 7.88. The SMILES string of the molecule is c1ccc2c(c1)CCCCC(n1c3ccccc3c3cc4c5ccccc5n5c6ccccc6c(c31)c45)=N2. The zero-order chi connectivity index (χ0) is 24.8. The molecule has 0 spiro atoms. The van der Waals surface area contributed by atoms with E-state index < -0.39 is 0 Å². The lowest BCUT2D eigenvalue weighted by Gasteiger charge is -2.16. The number of nitrogens with zero attached hydrogens (tertiary/aromatic N) is 3. The number of hydrogen-bond acceptors (Lipinski definition) is 1. The van der Waals surface area contributed by atoms with E-state index in [-0.39, 0.29) is 0 Å². The van der Waals surface area contributed by atoms with Gasteiger partial charge in [0.1, 0.15) is 5.84 Å². The number of rotatable bonds is 0. The summed E-state index contributed by atoms with van der Waals surface area (Å²) in [4.78, 5) is 5.39. The van der Waals surface area contributed by atoms with Crippen LogP contribution in [0, 0.1) is 0 Å². The number of fused-ring (bicyclic) bond motifs is 11. The Balaban J connectivity index is 1.55. The van der Waals surface area contributed by atoms with E-state index in [0.717, 1.165) is 30.8 Å². The van der Waals surface area contributed by atoms with E-state index in [2.05, 4.69) is 112 Å². The van der Waals surface area contributed by atoms with Gasteiger partial charge in [-0.2, -0.15) is 0 Å². The first kappa shape index (κ1) is 20.4. The second-order valence-corrected chi connectivity index (χ2v) is 10.6. The monoisotopic (exact) mass is 487 g/mol. The molecule has 0 unspecified atom stereocenters.